The predicted molar refractivity (Wildman–Crippen MR) is 77.6 cm³/mol. The average Bonchev–Trinajstić information content (AvgIpc) is 2.83. The number of halogens is 1. The number of rotatable bonds is 3. The molecule has 0 radical (unpaired) electrons. The average molecular weight is 317 g/mol. The second-order valence-electron chi connectivity index (χ2n) is 4.60. The number of benzene rings is 2. The summed E-state index contributed by atoms with van der Waals surface area (Å²) >= 11 is 3.50. The maximum absolute atomic E-state index is 11.9. The highest BCUT2D eigenvalue weighted by Crippen LogP contribution is 2.36. The Balaban J connectivity index is 1.87. The van der Waals surface area contributed by atoms with Crippen LogP contribution in [0, 0.1) is 0 Å². The summed E-state index contributed by atoms with van der Waals surface area (Å²) in [6, 6.07) is 13.8. The lowest BCUT2D eigenvalue weighted by molar-refractivity contribution is 0.0990. The Morgan fingerprint density at radius 3 is 2.63 bits per heavy atom. The molecule has 0 unspecified atom stereocenters. The monoisotopic (exact) mass is 316 g/mol. The lowest BCUT2D eigenvalue weighted by Gasteiger charge is -2.11. The molecular formula is C16H13BrO2. The van der Waals surface area contributed by atoms with E-state index in [0.717, 1.165) is 27.6 Å². The van der Waals surface area contributed by atoms with E-state index in [1.54, 1.807) is 0 Å². The highest BCUT2D eigenvalue weighted by molar-refractivity contribution is 9.10. The largest absolute Gasteiger partial charge is 0.488 e. The lowest BCUT2D eigenvalue weighted by Crippen LogP contribution is -2.01. The first-order valence-electron chi connectivity index (χ1n) is 6.27. The molecule has 19 heavy (non-hydrogen) atoms. The van der Waals surface area contributed by atoms with Gasteiger partial charge in [-0.15, -0.1) is 0 Å². The molecule has 0 heterocycles. The van der Waals surface area contributed by atoms with Gasteiger partial charge in [0, 0.05) is 10.9 Å². The van der Waals surface area contributed by atoms with Crippen LogP contribution in [0.2, 0.25) is 0 Å². The number of fused-ring (bicyclic) bond motifs is 1. The molecule has 2 aromatic carbocycles. The van der Waals surface area contributed by atoms with Crippen molar-refractivity contribution in [2.24, 2.45) is 0 Å². The van der Waals surface area contributed by atoms with Crippen molar-refractivity contribution < 1.29 is 9.53 Å². The predicted octanol–water partition coefficient (Wildman–Crippen LogP) is 4.16. The fourth-order valence-corrected chi connectivity index (χ4v) is 2.90. The van der Waals surface area contributed by atoms with Crippen LogP contribution in [-0.2, 0) is 13.0 Å². The summed E-state index contributed by atoms with van der Waals surface area (Å²) < 4.78 is 6.82. The van der Waals surface area contributed by atoms with Gasteiger partial charge in [-0.1, -0.05) is 46.3 Å². The van der Waals surface area contributed by atoms with Crippen LogP contribution >= 0.6 is 15.9 Å². The zero-order valence-electron chi connectivity index (χ0n) is 10.4. The van der Waals surface area contributed by atoms with Gasteiger partial charge in [0.2, 0.25) is 0 Å². The molecule has 0 spiro atoms. The normalized spacial score (nSPS) is 13.4. The van der Waals surface area contributed by atoms with Crippen molar-refractivity contribution in [3.8, 4) is 5.75 Å². The molecule has 0 aromatic heterocycles. The highest BCUT2D eigenvalue weighted by atomic mass is 79.9. The molecule has 2 nitrogen and oxygen atoms in total. The SMILES string of the molecule is O=C1CCc2c(Br)ccc(OCc3ccccc3)c21. The molecule has 0 bridgehead atoms. The fraction of sp³-hybridized carbons (Fsp3) is 0.188. The smallest absolute Gasteiger partial charge is 0.167 e. The van der Waals surface area contributed by atoms with E-state index in [1.807, 2.05) is 42.5 Å². The standard InChI is InChI=1S/C16H13BrO2/c17-13-7-9-15(16-12(13)6-8-14(16)18)19-10-11-4-2-1-3-5-11/h1-5,7,9H,6,8,10H2. The van der Waals surface area contributed by atoms with Crippen molar-refractivity contribution >= 4 is 21.7 Å². The molecule has 96 valence electrons. The molecule has 0 saturated carbocycles. The number of Topliss-reactive ketones (excluding diaryl/α,β-unsaturated/α-hetero) is 1. The van der Waals surface area contributed by atoms with Crippen LogP contribution in [0.25, 0.3) is 0 Å². The van der Waals surface area contributed by atoms with Crippen molar-refractivity contribution in [1.82, 2.24) is 0 Å². The summed E-state index contributed by atoms with van der Waals surface area (Å²) in [6.45, 7) is 0.488. The van der Waals surface area contributed by atoms with E-state index in [0.29, 0.717) is 18.8 Å². The number of ketones is 1. The third kappa shape index (κ3) is 2.43. The Morgan fingerprint density at radius 1 is 1.05 bits per heavy atom. The summed E-state index contributed by atoms with van der Waals surface area (Å²) in [7, 11) is 0. The molecule has 0 aliphatic heterocycles. The molecule has 0 N–H and O–H groups in total. The van der Waals surface area contributed by atoms with Gasteiger partial charge in [0.25, 0.3) is 0 Å². The molecule has 3 heteroatoms. The van der Waals surface area contributed by atoms with Gasteiger partial charge >= 0.3 is 0 Å². The Hall–Kier alpha value is -1.61. The van der Waals surface area contributed by atoms with Crippen LogP contribution in [0.5, 0.6) is 5.75 Å². The molecular weight excluding hydrogens is 304 g/mol. The first-order valence-corrected chi connectivity index (χ1v) is 7.06. The van der Waals surface area contributed by atoms with Gasteiger partial charge in [-0.3, -0.25) is 4.79 Å². The van der Waals surface area contributed by atoms with Gasteiger partial charge < -0.3 is 4.74 Å². The Bertz CT molecular complexity index is 620. The third-order valence-corrected chi connectivity index (χ3v) is 4.08. The summed E-state index contributed by atoms with van der Waals surface area (Å²) in [5.41, 5.74) is 2.94. The quantitative estimate of drug-likeness (QED) is 0.850. The first-order chi connectivity index (χ1) is 9.25. The topological polar surface area (TPSA) is 26.3 Å². The Kier molecular flexibility index (Phi) is 3.38. The van der Waals surface area contributed by atoms with Crippen LogP contribution in [0.3, 0.4) is 0 Å². The summed E-state index contributed by atoms with van der Waals surface area (Å²) in [5, 5.41) is 0. The van der Waals surface area contributed by atoms with Crippen LogP contribution < -0.4 is 4.74 Å². The van der Waals surface area contributed by atoms with E-state index in [9.17, 15) is 4.79 Å². The summed E-state index contributed by atoms with van der Waals surface area (Å²) in [6.07, 6.45) is 1.39. The highest BCUT2D eigenvalue weighted by Gasteiger charge is 2.25. The van der Waals surface area contributed by atoms with Crippen LogP contribution in [0.15, 0.2) is 46.9 Å². The van der Waals surface area contributed by atoms with Crippen molar-refractivity contribution in [2.45, 2.75) is 19.4 Å². The Morgan fingerprint density at radius 2 is 1.84 bits per heavy atom. The molecule has 0 saturated heterocycles. The van der Waals surface area contributed by atoms with Crippen LogP contribution in [0.1, 0.15) is 27.9 Å². The van der Waals surface area contributed by atoms with Crippen molar-refractivity contribution in [3.63, 3.8) is 0 Å². The zero-order chi connectivity index (χ0) is 13.2. The van der Waals surface area contributed by atoms with Gasteiger partial charge in [-0.25, -0.2) is 0 Å². The fourth-order valence-electron chi connectivity index (χ4n) is 2.37. The summed E-state index contributed by atoms with van der Waals surface area (Å²) in [4.78, 5) is 11.9. The Labute approximate surface area is 120 Å². The molecule has 0 fully saturated rings. The van der Waals surface area contributed by atoms with E-state index >= 15 is 0 Å². The van der Waals surface area contributed by atoms with Crippen molar-refractivity contribution in [1.29, 1.82) is 0 Å². The lowest BCUT2D eigenvalue weighted by atomic mass is 10.1. The van der Waals surface area contributed by atoms with E-state index in [1.165, 1.54) is 0 Å². The number of hydrogen-bond donors (Lipinski definition) is 0. The second kappa shape index (κ2) is 5.17. The van der Waals surface area contributed by atoms with Gasteiger partial charge in [0.15, 0.2) is 5.78 Å². The number of ether oxygens (including phenoxy) is 1. The second-order valence-corrected chi connectivity index (χ2v) is 5.45. The minimum Gasteiger partial charge on any atom is -0.488 e. The van der Waals surface area contributed by atoms with Crippen LogP contribution in [-0.4, -0.2) is 5.78 Å². The maximum Gasteiger partial charge on any atom is 0.167 e. The van der Waals surface area contributed by atoms with Gasteiger partial charge in [0.1, 0.15) is 12.4 Å². The van der Waals surface area contributed by atoms with Gasteiger partial charge in [0.05, 0.1) is 5.56 Å². The minimum atomic E-state index is 0.180. The van der Waals surface area contributed by atoms with Gasteiger partial charge in [-0.05, 0) is 29.7 Å². The van der Waals surface area contributed by atoms with E-state index in [4.69, 9.17) is 4.74 Å². The van der Waals surface area contributed by atoms with Gasteiger partial charge in [-0.2, -0.15) is 0 Å². The number of carbonyl (C=O) groups is 1. The minimum absolute atomic E-state index is 0.180. The first kappa shape index (κ1) is 12.4. The number of hydrogen-bond acceptors (Lipinski definition) is 2. The van der Waals surface area contributed by atoms with E-state index in [2.05, 4.69) is 15.9 Å². The molecule has 1 aliphatic carbocycles. The molecule has 3 rings (SSSR count). The van der Waals surface area contributed by atoms with E-state index < -0.39 is 0 Å². The maximum atomic E-state index is 11.9. The molecule has 0 amide bonds. The van der Waals surface area contributed by atoms with Crippen molar-refractivity contribution in [2.75, 3.05) is 0 Å². The summed E-state index contributed by atoms with van der Waals surface area (Å²) in [5.74, 6) is 0.879. The third-order valence-electron chi connectivity index (χ3n) is 3.34. The van der Waals surface area contributed by atoms with Crippen LogP contribution in [0.4, 0.5) is 0 Å². The number of carbonyl (C=O) groups excluding carboxylic acids is 1. The zero-order valence-corrected chi connectivity index (χ0v) is 11.9. The molecule has 0 atom stereocenters. The molecule has 2 aromatic rings. The molecule has 1 aliphatic rings. The van der Waals surface area contributed by atoms with Crippen molar-refractivity contribution in [3.05, 3.63) is 63.6 Å². The van der Waals surface area contributed by atoms with E-state index in [-0.39, 0.29) is 5.78 Å².